The molecule has 0 radical (unpaired) electrons. The molecule has 210 valence electrons. The van der Waals surface area contributed by atoms with Crippen molar-refractivity contribution in [3.63, 3.8) is 0 Å². The molecular weight excluding hydrogens is 526 g/mol. The van der Waals surface area contributed by atoms with Gasteiger partial charge in [0.1, 0.15) is 12.0 Å². The number of hydrogen-bond donors (Lipinski definition) is 2. The van der Waals surface area contributed by atoms with Crippen molar-refractivity contribution in [2.24, 2.45) is 0 Å². The third kappa shape index (κ3) is 4.60. The highest BCUT2D eigenvalue weighted by Crippen LogP contribution is 2.43. The van der Waals surface area contributed by atoms with E-state index in [0.29, 0.717) is 30.0 Å². The molecular formula is C31H35N3O5S. The highest BCUT2D eigenvalue weighted by atomic mass is 32.2. The third-order valence-electron chi connectivity index (χ3n) is 8.71. The standard InChI is InChI=1S/C31H35N3O5S/c1-19-7-6-8-24(21(19)3)22-9-11-23(12-10-22)30-26-17-33(13-4-5-14-34(26)31(30)36)40(37,38)28-16-27-25(15-20(28)2)32-29(35)18-39-27/h6-12,15-16,26,30-31,36H,4-5,13-14,17-18H2,1-3H3,(H,32,35)/t26-,30-,31+/m0/s1. The van der Waals surface area contributed by atoms with Gasteiger partial charge < -0.3 is 15.2 Å². The van der Waals surface area contributed by atoms with Crippen LogP contribution in [0.15, 0.2) is 59.5 Å². The van der Waals surface area contributed by atoms with Gasteiger partial charge in [0, 0.05) is 37.7 Å². The van der Waals surface area contributed by atoms with Crippen LogP contribution in [-0.4, -0.2) is 67.1 Å². The summed E-state index contributed by atoms with van der Waals surface area (Å²) in [5, 5.41) is 13.9. The molecule has 3 aliphatic heterocycles. The van der Waals surface area contributed by atoms with E-state index < -0.39 is 16.3 Å². The minimum absolute atomic E-state index is 0.134. The fourth-order valence-electron chi connectivity index (χ4n) is 6.30. The number of ether oxygens (including phenoxy) is 1. The molecule has 2 saturated heterocycles. The number of aliphatic hydroxyl groups excluding tert-OH is 1. The maximum Gasteiger partial charge on any atom is 0.262 e. The zero-order chi connectivity index (χ0) is 28.2. The van der Waals surface area contributed by atoms with Gasteiger partial charge in [0.05, 0.1) is 10.6 Å². The molecule has 3 aromatic carbocycles. The highest BCUT2D eigenvalue weighted by Gasteiger charge is 2.50. The van der Waals surface area contributed by atoms with Gasteiger partial charge in [-0.3, -0.25) is 9.69 Å². The number of aliphatic hydroxyl groups is 1. The fraction of sp³-hybridized carbons (Fsp3) is 0.387. The Kier molecular flexibility index (Phi) is 6.94. The first-order valence-corrected chi connectivity index (χ1v) is 15.3. The first-order valence-electron chi connectivity index (χ1n) is 13.8. The lowest BCUT2D eigenvalue weighted by atomic mass is 9.79. The van der Waals surface area contributed by atoms with E-state index in [4.69, 9.17) is 4.74 Å². The molecule has 0 aliphatic carbocycles. The normalized spacial score (nSPS) is 23.6. The number of hydrogen-bond acceptors (Lipinski definition) is 6. The van der Waals surface area contributed by atoms with Gasteiger partial charge in [-0.05, 0) is 73.1 Å². The number of amides is 1. The molecule has 2 N–H and O–H groups in total. The second-order valence-electron chi connectivity index (χ2n) is 11.1. The molecule has 3 aliphatic rings. The number of fused-ring (bicyclic) bond motifs is 2. The third-order valence-corrected chi connectivity index (χ3v) is 10.7. The predicted octanol–water partition coefficient (Wildman–Crippen LogP) is 4.18. The van der Waals surface area contributed by atoms with E-state index in [9.17, 15) is 18.3 Å². The maximum absolute atomic E-state index is 14.0. The second-order valence-corrected chi connectivity index (χ2v) is 13.0. The summed E-state index contributed by atoms with van der Waals surface area (Å²) in [4.78, 5) is 13.9. The average Bonchev–Trinajstić information content (AvgIpc) is 2.91. The number of anilines is 1. The predicted molar refractivity (Wildman–Crippen MR) is 154 cm³/mol. The molecule has 0 unspecified atom stereocenters. The minimum Gasteiger partial charge on any atom is -0.482 e. The molecule has 3 atom stereocenters. The minimum atomic E-state index is -3.84. The van der Waals surface area contributed by atoms with Crippen LogP contribution in [0, 0.1) is 20.8 Å². The summed E-state index contributed by atoms with van der Waals surface area (Å²) in [7, 11) is -3.84. The van der Waals surface area contributed by atoms with E-state index in [1.165, 1.54) is 22.8 Å². The smallest absolute Gasteiger partial charge is 0.262 e. The number of nitrogens with zero attached hydrogens (tertiary/aromatic N) is 2. The van der Waals surface area contributed by atoms with Gasteiger partial charge in [0.2, 0.25) is 10.0 Å². The van der Waals surface area contributed by atoms with Gasteiger partial charge in [0.25, 0.3) is 5.91 Å². The molecule has 40 heavy (non-hydrogen) atoms. The Morgan fingerprint density at radius 2 is 1.73 bits per heavy atom. The van der Waals surface area contributed by atoms with Crippen LogP contribution >= 0.6 is 0 Å². The topological polar surface area (TPSA) is 99.2 Å². The monoisotopic (exact) mass is 561 g/mol. The van der Waals surface area contributed by atoms with Crippen LogP contribution in [0.25, 0.3) is 11.1 Å². The summed E-state index contributed by atoms with van der Waals surface area (Å²) in [6, 6.07) is 17.7. The second kappa shape index (κ2) is 10.3. The highest BCUT2D eigenvalue weighted by molar-refractivity contribution is 7.89. The van der Waals surface area contributed by atoms with Gasteiger partial charge >= 0.3 is 0 Å². The van der Waals surface area contributed by atoms with Crippen LogP contribution in [0.5, 0.6) is 5.75 Å². The van der Waals surface area contributed by atoms with Crippen molar-refractivity contribution in [2.75, 3.05) is 31.6 Å². The zero-order valence-corrected chi connectivity index (χ0v) is 23.9. The van der Waals surface area contributed by atoms with E-state index >= 15 is 0 Å². The first kappa shape index (κ1) is 27.0. The Bertz CT molecular complexity index is 1570. The molecule has 3 heterocycles. The number of benzene rings is 3. The van der Waals surface area contributed by atoms with E-state index in [-0.39, 0.29) is 35.9 Å². The van der Waals surface area contributed by atoms with Gasteiger partial charge in [-0.25, -0.2) is 8.42 Å². The summed E-state index contributed by atoms with van der Waals surface area (Å²) in [6.07, 6.45) is 0.860. The Balaban J connectivity index is 1.28. The molecule has 0 spiro atoms. The first-order chi connectivity index (χ1) is 19.1. The van der Waals surface area contributed by atoms with E-state index in [0.717, 1.165) is 24.1 Å². The Morgan fingerprint density at radius 3 is 2.50 bits per heavy atom. The van der Waals surface area contributed by atoms with Crippen molar-refractivity contribution in [2.45, 2.75) is 56.7 Å². The Hall–Kier alpha value is -3.24. The van der Waals surface area contributed by atoms with Crippen LogP contribution in [0.1, 0.15) is 41.0 Å². The lowest BCUT2D eigenvalue weighted by Crippen LogP contribution is -2.66. The van der Waals surface area contributed by atoms with Crippen molar-refractivity contribution >= 4 is 21.6 Å². The molecule has 3 aromatic rings. The van der Waals surface area contributed by atoms with Gasteiger partial charge in [-0.2, -0.15) is 4.31 Å². The summed E-state index contributed by atoms with van der Waals surface area (Å²) < 4.78 is 35.0. The molecule has 1 amide bonds. The molecule has 6 rings (SSSR count). The molecule has 9 heteroatoms. The molecule has 8 nitrogen and oxygen atoms in total. The number of nitrogens with one attached hydrogen (secondary N) is 1. The molecule has 0 saturated carbocycles. The van der Waals surface area contributed by atoms with Crippen LogP contribution in [0.3, 0.4) is 0 Å². The Morgan fingerprint density at radius 1 is 0.975 bits per heavy atom. The van der Waals surface area contributed by atoms with Crippen LogP contribution in [0.2, 0.25) is 0 Å². The van der Waals surface area contributed by atoms with Crippen LogP contribution in [0.4, 0.5) is 5.69 Å². The average molecular weight is 562 g/mol. The van der Waals surface area contributed by atoms with E-state index in [2.05, 4.69) is 61.6 Å². The number of sulfonamides is 1. The van der Waals surface area contributed by atoms with Crippen molar-refractivity contribution in [1.82, 2.24) is 9.21 Å². The maximum atomic E-state index is 14.0. The summed E-state index contributed by atoms with van der Waals surface area (Å²) in [5.41, 5.74) is 6.85. The van der Waals surface area contributed by atoms with E-state index in [1.807, 2.05) is 4.90 Å². The number of rotatable bonds is 4. The van der Waals surface area contributed by atoms with Crippen molar-refractivity contribution in [3.05, 3.63) is 76.9 Å². The molecule has 0 aromatic heterocycles. The lowest BCUT2D eigenvalue weighted by Gasteiger charge is -2.55. The van der Waals surface area contributed by atoms with Gasteiger partial charge in [-0.15, -0.1) is 0 Å². The van der Waals surface area contributed by atoms with Crippen molar-refractivity contribution in [1.29, 1.82) is 0 Å². The fourth-order valence-corrected chi connectivity index (χ4v) is 8.02. The quantitative estimate of drug-likeness (QED) is 0.496. The number of carbonyl (C=O) groups excluding carboxylic acids is 1. The van der Waals surface area contributed by atoms with Crippen molar-refractivity contribution < 1.29 is 23.1 Å². The van der Waals surface area contributed by atoms with Gasteiger partial charge in [0.15, 0.2) is 6.61 Å². The Labute approximate surface area is 235 Å². The largest absolute Gasteiger partial charge is 0.482 e. The summed E-state index contributed by atoms with van der Waals surface area (Å²) >= 11 is 0. The number of aryl methyl sites for hydroxylation is 2. The van der Waals surface area contributed by atoms with E-state index in [1.54, 1.807) is 17.3 Å². The SMILES string of the molecule is Cc1cc2c(cc1S(=O)(=O)N1CCCCN3[C@H](O)[C@@H](c4ccc(-c5cccc(C)c5C)cc4)[C@@H]3C1)OCC(=O)N2. The number of carbonyl (C=O) groups is 1. The summed E-state index contributed by atoms with van der Waals surface area (Å²) in [5.74, 6) is -0.0899. The molecule has 0 bridgehead atoms. The summed E-state index contributed by atoms with van der Waals surface area (Å²) in [6.45, 7) is 7.27. The van der Waals surface area contributed by atoms with Crippen LogP contribution in [-0.2, 0) is 14.8 Å². The lowest BCUT2D eigenvalue weighted by molar-refractivity contribution is -0.148. The van der Waals surface area contributed by atoms with Crippen LogP contribution < -0.4 is 10.1 Å². The molecule has 2 fully saturated rings. The van der Waals surface area contributed by atoms with Gasteiger partial charge in [-0.1, -0.05) is 42.5 Å². The van der Waals surface area contributed by atoms with Crippen molar-refractivity contribution in [3.8, 4) is 16.9 Å². The zero-order valence-electron chi connectivity index (χ0n) is 23.1.